The first-order valence-corrected chi connectivity index (χ1v) is 6.04. The van der Waals surface area contributed by atoms with E-state index < -0.39 is 0 Å². The standard InChI is InChI=1S/C12H12BrFO2.2CH4/c1-2-16-12(15)10-6-9(10)8-4-3-7(13)5-11(8)14;;/h3-5,9-10H,2,6H2,1H3;2*1H4/t9-,10+;;/m0../s1. The van der Waals surface area contributed by atoms with E-state index in [9.17, 15) is 9.18 Å². The maximum absolute atomic E-state index is 13.6. The molecule has 2 rings (SSSR count). The van der Waals surface area contributed by atoms with Gasteiger partial charge in [0.15, 0.2) is 0 Å². The summed E-state index contributed by atoms with van der Waals surface area (Å²) in [4.78, 5) is 11.4. The second kappa shape index (κ2) is 6.88. The van der Waals surface area contributed by atoms with Crippen LogP contribution in [0.15, 0.2) is 22.7 Å². The van der Waals surface area contributed by atoms with Gasteiger partial charge in [0.25, 0.3) is 0 Å². The molecule has 1 saturated carbocycles. The first-order valence-electron chi connectivity index (χ1n) is 5.25. The zero-order chi connectivity index (χ0) is 11.7. The van der Waals surface area contributed by atoms with Crippen LogP contribution in [0.1, 0.15) is 39.7 Å². The smallest absolute Gasteiger partial charge is 0.309 e. The monoisotopic (exact) mass is 318 g/mol. The normalized spacial score (nSPS) is 20.4. The summed E-state index contributed by atoms with van der Waals surface area (Å²) in [6, 6.07) is 4.94. The number of carbonyl (C=O) groups is 1. The Labute approximate surface area is 117 Å². The molecule has 0 spiro atoms. The third-order valence-electron chi connectivity index (χ3n) is 2.74. The Kier molecular flexibility index (Phi) is 6.54. The fourth-order valence-electron chi connectivity index (χ4n) is 1.85. The molecule has 0 amide bonds. The van der Waals surface area contributed by atoms with Crippen molar-refractivity contribution in [2.24, 2.45) is 5.92 Å². The van der Waals surface area contributed by atoms with Gasteiger partial charge in [0.2, 0.25) is 0 Å². The quantitative estimate of drug-likeness (QED) is 0.765. The highest BCUT2D eigenvalue weighted by Crippen LogP contribution is 2.49. The van der Waals surface area contributed by atoms with E-state index in [0.717, 1.165) is 0 Å². The summed E-state index contributed by atoms with van der Waals surface area (Å²) in [6.45, 7) is 2.15. The fraction of sp³-hybridized carbons (Fsp3) is 0.500. The van der Waals surface area contributed by atoms with E-state index in [2.05, 4.69) is 15.9 Å². The van der Waals surface area contributed by atoms with Gasteiger partial charge in [-0.1, -0.05) is 36.8 Å². The molecule has 1 fully saturated rings. The average Bonchev–Trinajstić information content (AvgIpc) is 2.98. The minimum atomic E-state index is -0.258. The van der Waals surface area contributed by atoms with Gasteiger partial charge in [-0.25, -0.2) is 4.39 Å². The number of halogens is 2. The number of hydrogen-bond donors (Lipinski definition) is 0. The van der Waals surface area contributed by atoms with E-state index in [0.29, 0.717) is 23.1 Å². The van der Waals surface area contributed by atoms with Crippen molar-refractivity contribution < 1.29 is 13.9 Å². The molecule has 2 atom stereocenters. The van der Waals surface area contributed by atoms with Gasteiger partial charge in [-0.3, -0.25) is 4.79 Å². The molecule has 1 aromatic rings. The Bertz CT molecular complexity index is 420. The van der Waals surface area contributed by atoms with E-state index in [1.165, 1.54) is 6.07 Å². The summed E-state index contributed by atoms with van der Waals surface area (Å²) in [5.74, 6) is -0.635. The van der Waals surface area contributed by atoms with E-state index in [-0.39, 0.29) is 38.5 Å². The van der Waals surface area contributed by atoms with Gasteiger partial charge in [0, 0.05) is 10.4 Å². The molecular formula is C14H20BrFO2. The molecule has 1 aromatic carbocycles. The highest BCUT2D eigenvalue weighted by molar-refractivity contribution is 9.10. The Hall–Kier alpha value is -0.900. The van der Waals surface area contributed by atoms with E-state index in [4.69, 9.17) is 4.74 Å². The van der Waals surface area contributed by atoms with E-state index in [1.54, 1.807) is 19.1 Å². The van der Waals surface area contributed by atoms with Crippen LogP contribution in [0.5, 0.6) is 0 Å². The Morgan fingerprint density at radius 3 is 2.72 bits per heavy atom. The van der Waals surface area contributed by atoms with Gasteiger partial charge < -0.3 is 4.74 Å². The van der Waals surface area contributed by atoms with E-state index >= 15 is 0 Å². The van der Waals surface area contributed by atoms with Crippen LogP contribution in [-0.2, 0) is 9.53 Å². The summed E-state index contributed by atoms with van der Waals surface area (Å²) < 4.78 is 19.2. The number of esters is 1. The number of carbonyl (C=O) groups excluding carboxylic acids is 1. The van der Waals surface area contributed by atoms with Gasteiger partial charge in [-0.05, 0) is 31.0 Å². The third-order valence-corrected chi connectivity index (χ3v) is 3.24. The van der Waals surface area contributed by atoms with Crippen LogP contribution >= 0.6 is 15.9 Å². The highest BCUT2D eigenvalue weighted by atomic mass is 79.9. The topological polar surface area (TPSA) is 26.3 Å². The van der Waals surface area contributed by atoms with Gasteiger partial charge in [0.1, 0.15) is 5.82 Å². The molecule has 2 nitrogen and oxygen atoms in total. The lowest BCUT2D eigenvalue weighted by Crippen LogP contribution is -2.07. The average molecular weight is 319 g/mol. The maximum Gasteiger partial charge on any atom is 0.309 e. The molecule has 4 heteroatoms. The molecule has 0 heterocycles. The Morgan fingerprint density at radius 1 is 1.50 bits per heavy atom. The zero-order valence-electron chi connectivity index (χ0n) is 8.87. The number of ether oxygens (including phenoxy) is 1. The number of rotatable bonds is 3. The minimum Gasteiger partial charge on any atom is -0.466 e. The minimum absolute atomic E-state index is 0. The van der Waals surface area contributed by atoms with Crippen LogP contribution in [0.3, 0.4) is 0 Å². The summed E-state index contributed by atoms with van der Waals surface area (Å²) in [7, 11) is 0. The van der Waals surface area contributed by atoms with Crippen molar-refractivity contribution in [3.05, 3.63) is 34.1 Å². The van der Waals surface area contributed by atoms with Crippen molar-refractivity contribution in [2.45, 2.75) is 34.1 Å². The van der Waals surface area contributed by atoms with Crippen LogP contribution in [0, 0.1) is 11.7 Å². The van der Waals surface area contributed by atoms with Gasteiger partial charge in [0.05, 0.1) is 12.5 Å². The molecule has 0 radical (unpaired) electrons. The first-order chi connectivity index (χ1) is 7.63. The number of hydrogen-bond acceptors (Lipinski definition) is 2. The maximum atomic E-state index is 13.6. The van der Waals surface area contributed by atoms with Crippen LogP contribution in [0.4, 0.5) is 4.39 Å². The summed E-state index contributed by atoms with van der Waals surface area (Å²) in [5.41, 5.74) is 0.612. The lowest BCUT2D eigenvalue weighted by atomic mass is 10.1. The van der Waals surface area contributed by atoms with Gasteiger partial charge >= 0.3 is 5.97 Å². The fourth-order valence-corrected chi connectivity index (χ4v) is 2.18. The van der Waals surface area contributed by atoms with E-state index in [1.807, 2.05) is 0 Å². The van der Waals surface area contributed by atoms with Crippen molar-refractivity contribution in [3.63, 3.8) is 0 Å². The molecule has 0 aromatic heterocycles. The second-order valence-corrected chi connectivity index (χ2v) is 4.78. The molecule has 0 N–H and O–H groups in total. The number of benzene rings is 1. The SMILES string of the molecule is C.C.CCOC(=O)[C@@H]1C[C@H]1c1ccc(Br)cc1F. The Morgan fingerprint density at radius 2 is 2.17 bits per heavy atom. The van der Waals surface area contributed by atoms with Crippen LogP contribution < -0.4 is 0 Å². The molecule has 18 heavy (non-hydrogen) atoms. The largest absolute Gasteiger partial charge is 0.466 e. The lowest BCUT2D eigenvalue weighted by Gasteiger charge is -2.03. The predicted molar refractivity (Wildman–Crippen MR) is 75.0 cm³/mol. The van der Waals surface area contributed by atoms with Crippen molar-refractivity contribution in [2.75, 3.05) is 6.61 Å². The first kappa shape index (κ1) is 17.1. The van der Waals surface area contributed by atoms with Crippen molar-refractivity contribution in [1.82, 2.24) is 0 Å². The summed E-state index contributed by atoms with van der Waals surface area (Å²) in [5, 5.41) is 0. The van der Waals surface area contributed by atoms with Crippen LogP contribution in [0.25, 0.3) is 0 Å². The molecule has 0 aliphatic heterocycles. The second-order valence-electron chi connectivity index (χ2n) is 3.87. The van der Waals surface area contributed by atoms with Gasteiger partial charge in [-0.2, -0.15) is 0 Å². The molecule has 0 saturated heterocycles. The summed E-state index contributed by atoms with van der Waals surface area (Å²) in [6.07, 6.45) is 0.692. The lowest BCUT2D eigenvalue weighted by molar-refractivity contribution is -0.144. The summed E-state index contributed by atoms with van der Waals surface area (Å²) >= 11 is 3.20. The van der Waals surface area contributed by atoms with Crippen molar-refractivity contribution in [3.8, 4) is 0 Å². The van der Waals surface area contributed by atoms with Crippen molar-refractivity contribution in [1.29, 1.82) is 0 Å². The zero-order valence-corrected chi connectivity index (χ0v) is 10.5. The molecule has 0 bridgehead atoms. The Balaban J connectivity index is 0.00000144. The van der Waals surface area contributed by atoms with Gasteiger partial charge in [-0.15, -0.1) is 0 Å². The van der Waals surface area contributed by atoms with Crippen LogP contribution in [-0.4, -0.2) is 12.6 Å². The van der Waals surface area contributed by atoms with Crippen LogP contribution in [0.2, 0.25) is 0 Å². The van der Waals surface area contributed by atoms with Crippen molar-refractivity contribution >= 4 is 21.9 Å². The molecule has 102 valence electrons. The third kappa shape index (κ3) is 3.55. The highest BCUT2D eigenvalue weighted by Gasteiger charge is 2.46. The predicted octanol–water partition coefficient (Wildman–Crippen LogP) is 4.53. The molecule has 1 aliphatic carbocycles. The molecule has 0 unspecified atom stereocenters. The molecule has 1 aliphatic rings. The molecular weight excluding hydrogens is 299 g/mol.